The first-order valence-corrected chi connectivity index (χ1v) is 7.16. The van der Waals surface area contributed by atoms with Crippen LogP contribution in [0.2, 0.25) is 0 Å². The van der Waals surface area contributed by atoms with E-state index >= 15 is 0 Å². The highest BCUT2D eigenvalue weighted by molar-refractivity contribution is 6.19. The van der Waals surface area contributed by atoms with Gasteiger partial charge >= 0.3 is 5.97 Å². The van der Waals surface area contributed by atoms with Crippen LogP contribution in [0.3, 0.4) is 0 Å². The summed E-state index contributed by atoms with van der Waals surface area (Å²) in [6, 6.07) is 9.14. The van der Waals surface area contributed by atoms with E-state index < -0.39 is 16.7 Å². The number of nitro benzene ring substituents is 1. The predicted molar refractivity (Wildman–Crippen MR) is 86.1 cm³/mol. The summed E-state index contributed by atoms with van der Waals surface area (Å²) < 4.78 is 10.4. The molecule has 2 rings (SSSR count). The second kappa shape index (κ2) is 7.36. The van der Waals surface area contributed by atoms with Crippen LogP contribution in [-0.4, -0.2) is 23.3 Å². The summed E-state index contributed by atoms with van der Waals surface area (Å²) in [5.41, 5.74) is 0.332. The fourth-order valence-electron chi connectivity index (χ4n) is 2.01. The Balaban J connectivity index is 2.34. The first-order chi connectivity index (χ1) is 11.4. The second-order valence-corrected chi connectivity index (χ2v) is 4.84. The fourth-order valence-corrected chi connectivity index (χ4v) is 2.01. The summed E-state index contributed by atoms with van der Waals surface area (Å²) in [5, 5.41) is 10.8. The molecule has 24 heavy (non-hydrogen) atoms. The smallest absolute Gasteiger partial charge is 0.341 e. The number of non-ortho nitro benzene ring substituents is 1. The molecule has 0 spiro atoms. The Morgan fingerprint density at radius 2 is 2.04 bits per heavy atom. The second-order valence-electron chi connectivity index (χ2n) is 4.84. The molecule has 1 aromatic carbocycles. The maximum absolute atomic E-state index is 11.8. The molecule has 0 saturated carbocycles. The van der Waals surface area contributed by atoms with Gasteiger partial charge < -0.3 is 9.15 Å². The summed E-state index contributed by atoms with van der Waals surface area (Å²) in [6.07, 6.45) is 1.29. The molecule has 0 amide bonds. The van der Waals surface area contributed by atoms with E-state index in [4.69, 9.17) is 9.15 Å². The van der Waals surface area contributed by atoms with Crippen molar-refractivity contribution in [2.24, 2.45) is 0 Å². The van der Waals surface area contributed by atoms with Gasteiger partial charge in [-0.3, -0.25) is 14.9 Å². The molecule has 2 aromatic rings. The number of carbonyl (C=O) groups excluding carboxylic acids is 2. The zero-order valence-corrected chi connectivity index (χ0v) is 13.1. The number of carbonyl (C=O) groups is 2. The fraction of sp³-hybridized carbons (Fsp3) is 0.176. The lowest BCUT2D eigenvalue weighted by Crippen LogP contribution is -2.13. The lowest BCUT2D eigenvalue weighted by atomic mass is 10.1. The van der Waals surface area contributed by atoms with E-state index in [0.29, 0.717) is 11.3 Å². The van der Waals surface area contributed by atoms with Gasteiger partial charge in [0.1, 0.15) is 17.1 Å². The Labute approximate surface area is 137 Å². The van der Waals surface area contributed by atoms with Gasteiger partial charge in [-0.15, -0.1) is 0 Å². The molecular weight excluding hydrogens is 314 g/mol. The topological polar surface area (TPSA) is 99.7 Å². The van der Waals surface area contributed by atoms with Crippen LogP contribution in [0.15, 0.2) is 46.4 Å². The summed E-state index contributed by atoms with van der Waals surface area (Å²) in [4.78, 5) is 33.7. The Kier molecular flexibility index (Phi) is 5.26. The van der Waals surface area contributed by atoms with E-state index in [2.05, 4.69) is 0 Å². The van der Waals surface area contributed by atoms with Crippen molar-refractivity contribution in [3.05, 3.63) is 57.8 Å². The van der Waals surface area contributed by atoms with Gasteiger partial charge in [0.2, 0.25) is 0 Å². The van der Waals surface area contributed by atoms with Gasteiger partial charge in [-0.25, -0.2) is 4.79 Å². The number of Topliss-reactive ketones (excluding diaryl/α,β-unsaturated/α-hetero) is 1. The van der Waals surface area contributed by atoms with Crippen LogP contribution in [0.4, 0.5) is 5.69 Å². The average molecular weight is 329 g/mol. The maximum Gasteiger partial charge on any atom is 0.341 e. The van der Waals surface area contributed by atoms with E-state index in [9.17, 15) is 19.7 Å². The largest absolute Gasteiger partial charge is 0.462 e. The van der Waals surface area contributed by atoms with Crippen LogP contribution in [-0.2, 0) is 14.3 Å². The third-order valence-corrected chi connectivity index (χ3v) is 3.13. The number of benzene rings is 1. The molecule has 7 nitrogen and oxygen atoms in total. The summed E-state index contributed by atoms with van der Waals surface area (Å²) in [5.74, 6) is -0.508. The third-order valence-electron chi connectivity index (χ3n) is 3.13. The van der Waals surface area contributed by atoms with E-state index in [1.54, 1.807) is 31.2 Å². The minimum Gasteiger partial charge on any atom is -0.462 e. The Morgan fingerprint density at radius 3 is 2.67 bits per heavy atom. The first kappa shape index (κ1) is 17.1. The van der Waals surface area contributed by atoms with Gasteiger partial charge in [0.25, 0.3) is 5.69 Å². The number of furan rings is 1. The highest BCUT2D eigenvalue weighted by atomic mass is 16.6. The number of ketones is 1. The van der Waals surface area contributed by atoms with Crippen molar-refractivity contribution in [2.45, 2.75) is 13.8 Å². The van der Waals surface area contributed by atoms with Crippen molar-refractivity contribution in [1.82, 2.24) is 0 Å². The molecule has 0 aliphatic rings. The number of esters is 1. The van der Waals surface area contributed by atoms with E-state index in [1.807, 2.05) is 0 Å². The summed E-state index contributed by atoms with van der Waals surface area (Å²) in [7, 11) is 0. The molecule has 0 aliphatic carbocycles. The van der Waals surface area contributed by atoms with Crippen molar-refractivity contribution < 1.29 is 23.7 Å². The molecule has 0 saturated heterocycles. The Hall–Kier alpha value is -3.22. The van der Waals surface area contributed by atoms with Gasteiger partial charge in [-0.05, 0) is 32.1 Å². The molecule has 1 heterocycles. The molecule has 0 radical (unpaired) electrons. The lowest BCUT2D eigenvalue weighted by Gasteiger charge is -2.02. The van der Waals surface area contributed by atoms with Crippen molar-refractivity contribution in [3.63, 3.8) is 0 Å². The van der Waals surface area contributed by atoms with Crippen molar-refractivity contribution >= 4 is 23.5 Å². The quantitative estimate of drug-likeness (QED) is 0.201. The first-order valence-electron chi connectivity index (χ1n) is 7.16. The molecule has 7 heteroatoms. The minimum absolute atomic E-state index is 0.0584. The molecule has 0 bridgehead atoms. The Morgan fingerprint density at radius 1 is 1.29 bits per heavy atom. The SMILES string of the molecule is CCOC(=O)C(=Cc1ccc(-c2cccc([N+](=O)[O-])c2)o1)C(C)=O. The van der Waals surface area contributed by atoms with Crippen LogP contribution in [0.25, 0.3) is 17.4 Å². The van der Waals surface area contributed by atoms with Crippen molar-refractivity contribution in [2.75, 3.05) is 6.61 Å². The van der Waals surface area contributed by atoms with Gasteiger partial charge in [-0.1, -0.05) is 12.1 Å². The van der Waals surface area contributed by atoms with Crippen LogP contribution in [0.5, 0.6) is 0 Å². The number of hydrogen-bond donors (Lipinski definition) is 0. The van der Waals surface area contributed by atoms with Gasteiger partial charge in [0, 0.05) is 17.7 Å². The normalized spacial score (nSPS) is 11.2. The lowest BCUT2D eigenvalue weighted by molar-refractivity contribution is -0.384. The van der Waals surface area contributed by atoms with Crippen molar-refractivity contribution in [1.29, 1.82) is 0 Å². The van der Waals surface area contributed by atoms with Crippen LogP contribution in [0.1, 0.15) is 19.6 Å². The molecular formula is C17H15NO6. The molecule has 0 unspecified atom stereocenters. The maximum atomic E-state index is 11.8. The standard InChI is InChI=1S/C17H15NO6/c1-3-23-17(20)15(11(2)19)10-14-7-8-16(24-14)12-5-4-6-13(9-12)18(21)22/h4-10H,3H2,1-2H3. The monoisotopic (exact) mass is 329 g/mol. The van der Waals surface area contributed by atoms with Crippen LogP contribution in [0, 0.1) is 10.1 Å². The molecule has 0 atom stereocenters. The van der Waals surface area contributed by atoms with Crippen LogP contribution >= 0.6 is 0 Å². The van der Waals surface area contributed by atoms with Gasteiger partial charge in [0.15, 0.2) is 5.78 Å². The molecule has 124 valence electrons. The van der Waals surface area contributed by atoms with Gasteiger partial charge in [-0.2, -0.15) is 0 Å². The molecule has 0 N–H and O–H groups in total. The summed E-state index contributed by atoms with van der Waals surface area (Å²) >= 11 is 0. The molecule has 0 aliphatic heterocycles. The van der Waals surface area contributed by atoms with Gasteiger partial charge in [0.05, 0.1) is 11.5 Å². The molecule has 1 aromatic heterocycles. The van der Waals surface area contributed by atoms with E-state index in [-0.39, 0.29) is 23.6 Å². The third kappa shape index (κ3) is 3.95. The number of nitrogens with zero attached hydrogens (tertiary/aromatic N) is 1. The zero-order valence-electron chi connectivity index (χ0n) is 13.1. The molecule has 0 fully saturated rings. The Bertz CT molecular complexity index is 818. The number of hydrogen-bond acceptors (Lipinski definition) is 6. The number of ether oxygens (including phenoxy) is 1. The number of rotatable bonds is 6. The summed E-state index contributed by atoms with van der Waals surface area (Å²) in [6.45, 7) is 3.05. The minimum atomic E-state index is -0.724. The van der Waals surface area contributed by atoms with Crippen molar-refractivity contribution in [3.8, 4) is 11.3 Å². The van der Waals surface area contributed by atoms with E-state index in [1.165, 1.54) is 25.1 Å². The number of nitro groups is 1. The average Bonchev–Trinajstić information content (AvgIpc) is 3.01. The zero-order chi connectivity index (χ0) is 17.7. The van der Waals surface area contributed by atoms with E-state index in [0.717, 1.165) is 0 Å². The van der Waals surface area contributed by atoms with Crippen LogP contribution < -0.4 is 0 Å². The highest BCUT2D eigenvalue weighted by Crippen LogP contribution is 2.26. The highest BCUT2D eigenvalue weighted by Gasteiger charge is 2.17. The predicted octanol–water partition coefficient (Wildman–Crippen LogP) is 3.39.